The number of benzene rings is 3. The second-order valence-electron chi connectivity index (χ2n) is 7.52. The van der Waals surface area contributed by atoms with Crippen molar-refractivity contribution in [1.82, 2.24) is 0 Å². The number of aryl methyl sites for hydroxylation is 1. The molecule has 0 atom stereocenters. The fourth-order valence-electron chi connectivity index (χ4n) is 4.17. The van der Waals surface area contributed by atoms with Crippen molar-refractivity contribution in [3.63, 3.8) is 0 Å². The fraction of sp³-hybridized carbons (Fsp3) is 0.208. The van der Waals surface area contributed by atoms with Crippen molar-refractivity contribution in [3.05, 3.63) is 70.5 Å². The molecule has 6 nitrogen and oxygen atoms in total. The number of alkyl halides is 2. The summed E-state index contributed by atoms with van der Waals surface area (Å²) in [7, 11) is 0. The van der Waals surface area contributed by atoms with Gasteiger partial charge in [0.05, 0.1) is 23.2 Å². The number of carbonyl (C=O) groups is 3. The summed E-state index contributed by atoms with van der Waals surface area (Å²) in [4.78, 5) is 38.3. The highest BCUT2D eigenvalue weighted by molar-refractivity contribution is 6.37. The quantitative estimate of drug-likeness (QED) is 0.507. The summed E-state index contributed by atoms with van der Waals surface area (Å²) in [5.41, 5.74) is -0.0819. The number of amides is 2. The Labute approximate surface area is 186 Å². The number of carboxylic acid groups (broad SMARTS) is 1. The highest BCUT2D eigenvalue weighted by Gasteiger charge is 2.43. The van der Waals surface area contributed by atoms with Gasteiger partial charge >= 0.3 is 12.6 Å². The van der Waals surface area contributed by atoms with Gasteiger partial charge in [0.2, 0.25) is 0 Å². The minimum absolute atomic E-state index is 0.0498. The van der Waals surface area contributed by atoms with E-state index in [0.717, 1.165) is 6.07 Å². The number of hydrogen-bond acceptors (Lipinski definition) is 4. The molecule has 4 rings (SSSR count). The van der Waals surface area contributed by atoms with Crippen LogP contribution in [0, 0.1) is 5.82 Å². The van der Waals surface area contributed by atoms with Crippen LogP contribution in [0.3, 0.4) is 0 Å². The number of anilines is 1. The molecule has 1 heterocycles. The summed E-state index contributed by atoms with van der Waals surface area (Å²) in [6.45, 7) is -1.36. The number of ether oxygens (including phenoxy) is 1. The first-order valence-corrected chi connectivity index (χ1v) is 10.2. The lowest BCUT2D eigenvalue weighted by Gasteiger charge is -2.15. The highest BCUT2D eigenvalue weighted by Crippen LogP contribution is 2.43. The Morgan fingerprint density at radius 3 is 2.33 bits per heavy atom. The van der Waals surface area contributed by atoms with E-state index in [1.165, 1.54) is 18.2 Å². The van der Waals surface area contributed by atoms with Crippen LogP contribution in [-0.4, -0.2) is 29.5 Å². The predicted molar refractivity (Wildman–Crippen MR) is 113 cm³/mol. The van der Waals surface area contributed by atoms with Crippen molar-refractivity contribution >= 4 is 34.2 Å². The molecule has 0 saturated carbocycles. The summed E-state index contributed by atoms with van der Waals surface area (Å²) >= 11 is 0. The van der Waals surface area contributed by atoms with Crippen LogP contribution in [0.2, 0.25) is 0 Å². The number of fused-ring (bicyclic) bond motifs is 2. The normalized spacial score (nSPS) is 13.2. The predicted octanol–water partition coefficient (Wildman–Crippen LogP) is 4.96. The summed E-state index contributed by atoms with van der Waals surface area (Å²) in [6, 6.07) is 9.80. The zero-order valence-corrected chi connectivity index (χ0v) is 17.4. The van der Waals surface area contributed by atoms with E-state index in [-0.39, 0.29) is 27.8 Å². The average Bonchev–Trinajstić information content (AvgIpc) is 3.02. The average molecular weight is 457 g/mol. The lowest BCUT2D eigenvalue weighted by Crippen LogP contribution is -2.29. The van der Waals surface area contributed by atoms with Crippen LogP contribution in [-0.2, 0) is 17.6 Å². The highest BCUT2D eigenvalue weighted by atomic mass is 19.3. The molecule has 0 spiro atoms. The van der Waals surface area contributed by atoms with Gasteiger partial charge in [-0.1, -0.05) is 43.7 Å². The van der Waals surface area contributed by atoms with E-state index < -0.39 is 42.4 Å². The molecule has 9 heteroatoms. The van der Waals surface area contributed by atoms with Crippen LogP contribution in [0.15, 0.2) is 42.5 Å². The van der Waals surface area contributed by atoms with Gasteiger partial charge in [-0.25, -0.2) is 9.29 Å². The van der Waals surface area contributed by atoms with Gasteiger partial charge in [-0.15, -0.1) is 0 Å². The lowest BCUT2D eigenvalue weighted by molar-refractivity contribution is -0.136. The molecule has 0 unspecified atom stereocenters. The van der Waals surface area contributed by atoms with Crippen molar-refractivity contribution in [3.8, 4) is 5.75 Å². The molecule has 1 aliphatic rings. The number of rotatable bonds is 7. The Kier molecular flexibility index (Phi) is 5.80. The number of aliphatic carboxylic acids is 1. The molecule has 0 aliphatic carbocycles. The number of halogens is 3. The number of carbonyl (C=O) groups excluding carboxylic acids is 2. The van der Waals surface area contributed by atoms with E-state index in [9.17, 15) is 27.6 Å². The van der Waals surface area contributed by atoms with Crippen LogP contribution in [0.25, 0.3) is 10.8 Å². The Bertz CT molecular complexity index is 1300. The minimum Gasteiger partial charge on any atom is -0.481 e. The SMILES string of the molecule is CCCc1c2c(c(OC(F)F)c3ccccc13)C(=O)N(c1ccc(CC(=O)O)c(F)c1)C2=O. The monoisotopic (exact) mass is 457 g/mol. The summed E-state index contributed by atoms with van der Waals surface area (Å²) < 4.78 is 45.8. The van der Waals surface area contributed by atoms with Crippen LogP contribution in [0.5, 0.6) is 5.75 Å². The molecule has 3 aromatic rings. The summed E-state index contributed by atoms with van der Waals surface area (Å²) in [6.07, 6.45) is 0.439. The molecule has 33 heavy (non-hydrogen) atoms. The van der Waals surface area contributed by atoms with Gasteiger partial charge in [-0.3, -0.25) is 14.4 Å². The van der Waals surface area contributed by atoms with Gasteiger partial charge in [0, 0.05) is 5.39 Å². The molecular weight excluding hydrogens is 439 g/mol. The van der Waals surface area contributed by atoms with Crippen molar-refractivity contribution in [2.45, 2.75) is 32.8 Å². The molecule has 0 aromatic heterocycles. The first kappa shape index (κ1) is 22.3. The molecule has 0 fully saturated rings. The Balaban J connectivity index is 1.94. The van der Waals surface area contributed by atoms with E-state index in [1.807, 2.05) is 6.92 Å². The molecule has 0 bridgehead atoms. The maximum absolute atomic E-state index is 14.5. The fourth-order valence-corrected chi connectivity index (χ4v) is 4.17. The maximum atomic E-state index is 14.5. The van der Waals surface area contributed by atoms with Gasteiger partial charge in [-0.2, -0.15) is 8.78 Å². The number of imide groups is 1. The van der Waals surface area contributed by atoms with Gasteiger partial charge in [0.15, 0.2) is 0 Å². The van der Waals surface area contributed by atoms with Crippen LogP contribution in [0.1, 0.15) is 45.2 Å². The number of carboxylic acids is 1. The van der Waals surface area contributed by atoms with Crippen LogP contribution in [0.4, 0.5) is 18.9 Å². The van der Waals surface area contributed by atoms with E-state index in [1.54, 1.807) is 18.2 Å². The molecule has 0 saturated heterocycles. The first-order chi connectivity index (χ1) is 15.7. The second-order valence-corrected chi connectivity index (χ2v) is 7.52. The van der Waals surface area contributed by atoms with Gasteiger partial charge in [0.1, 0.15) is 11.6 Å². The molecule has 0 radical (unpaired) electrons. The molecule has 1 aliphatic heterocycles. The third-order valence-corrected chi connectivity index (χ3v) is 5.45. The van der Waals surface area contributed by atoms with Crippen LogP contribution >= 0.6 is 0 Å². The van der Waals surface area contributed by atoms with Gasteiger partial charge in [0.25, 0.3) is 11.8 Å². The number of nitrogens with zero attached hydrogens (tertiary/aromatic N) is 1. The van der Waals surface area contributed by atoms with E-state index in [2.05, 4.69) is 0 Å². The number of hydrogen-bond donors (Lipinski definition) is 1. The van der Waals surface area contributed by atoms with Crippen molar-refractivity contribution < 1.29 is 37.4 Å². The largest absolute Gasteiger partial charge is 0.481 e. The van der Waals surface area contributed by atoms with E-state index in [0.29, 0.717) is 28.7 Å². The van der Waals surface area contributed by atoms with Crippen molar-refractivity contribution in [2.75, 3.05) is 4.90 Å². The maximum Gasteiger partial charge on any atom is 0.387 e. The zero-order valence-electron chi connectivity index (χ0n) is 17.4. The van der Waals surface area contributed by atoms with Crippen molar-refractivity contribution in [1.29, 1.82) is 0 Å². The molecule has 170 valence electrons. The van der Waals surface area contributed by atoms with Crippen molar-refractivity contribution in [2.24, 2.45) is 0 Å². The van der Waals surface area contributed by atoms with Gasteiger partial charge in [-0.05, 0) is 35.1 Å². The molecule has 2 amide bonds. The third-order valence-electron chi connectivity index (χ3n) is 5.45. The Morgan fingerprint density at radius 1 is 1.06 bits per heavy atom. The van der Waals surface area contributed by atoms with E-state index >= 15 is 0 Å². The van der Waals surface area contributed by atoms with E-state index in [4.69, 9.17) is 9.84 Å². The third kappa shape index (κ3) is 3.79. The first-order valence-electron chi connectivity index (χ1n) is 10.2. The topological polar surface area (TPSA) is 83.9 Å². The second kappa shape index (κ2) is 8.57. The lowest BCUT2D eigenvalue weighted by atomic mass is 9.91. The Hall–Kier alpha value is -3.88. The zero-order chi connectivity index (χ0) is 23.9. The van der Waals surface area contributed by atoms with Crippen LogP contribution < -0.4 is 9.64 Å². The standard InChI is InChI=1S/C24H18F3NO5/c1-2-5-15-14-6-3-4-7-16(14)21(33-24(26)27)20-19(15)22(31)28(23(20)32)13-9-8-12(10-18(29)30)17(25)11-13/h3-4,6-9,11,24H,2,5,10H2,1H3,(H,29,30). The molecule has 3 aromatic carbocycles. The molecular formula is C24H18F3NO5. The smallest absolute Gasteiger partial charge is 0.387 e. The minimum atomic E-state index is -3.24. The summed E-state index contributed by atoms with van der Waals surface area (Å²) in [5, 5.41) is 9.67. The molecule has 1 N–H and O–H groups in total. The van der Waals surface area contributed by atoms with Gasteiger partial charge < -0.3 is 9.84 Å². The summed E-state index contributed by atoms with van der Waals surface area (Å²) in [5.74, 6) is -4.26. The Morgan fingerprint density at radius 2 is 1.73 bits per heavy atom.